The lowest BCUT2D eigenvalue weighted by molar-refractivity contribution is -0.131. The number of aromatic nitrogens is 5. The third-order valence-electron chi connectivity index (χ3n) is 6.56. The van der Waals surface area contributed by atoms with Gasteiger partial charge in [-0.3, -0.25) is 4.79 Å². The van der Waals surface area contributed by atoms with E-state index < -0.39 is 49.7 Å². The van der Waals surface area contributed by atoms with Gasteiger partial charge in [0.05, 0.1) is 47.6 Å². The number of ether oxygens (including phenoxy) is 1. The Bertz CT molecular complexity index is 1640. The Morgan fingerprint density at radius 3 is 2.76 bits per heavy atom. The van der Waals surface area contributed by atoms with Gasteiger partial charge >= 0.3 is 0 Å². The van der Waals surface area contributed by atoms with Gasteiger partial charge in [-0.2, -0.15) is 4.98 Å². The molecule has 4 heterocycles. The summed E-state index contributed by atoms with van der Waals surface area (Å²) >= 11 is 0. The Kier molecular flexibility index (Phi) is 5.64. The van der Waals surface area contributed by atoms with E-state index in [1.807, 2.05) is 0 Å². The third-order valence-corrected chi connectivity index (χ3v) is 6.56. The summed E-state index contributed by atoms with van der Waals surface area (Å²) in [4.78, 5) is 21.0. The molecule has 14 heteroatoms. The lowest BCUT2D eigenvalue weighted by Crippen LogP contribution is -2.49. The number of amides is 1. The third kappa shape index (κ3) is 4.47. The topological polar surface area (TPSA) is 89.6 Å². The fourth-order valence-electron chi connectivity index (χ4n) is 4.76. The maximum atomic E-state index is 15.5. The van der Waals surface area contributed by atoms with Crippen LogP contribution in [0.3, 0.4) is 0 Å². The van der Waals surface area contributed by atoms with Gasteiger partial charge in [0.15, 0.2) is 11.6 Å². The normalized spacial score (nSPS) is 19.6. The van der Waals surface area contributed by atoms with Gasteiger partial charge in [-0.25, -0.2) is 31.5 Å². The number of fused-ring (bicyclic) bond motifs is 2. The summed E-state index contributed by atoms with van der Waals surface area (Å²) in [5, 5.41) is 6.89. The van der Waals surface area contributed by atoms with Gasteiger partial charge in [0, 0.05) is 13.5 Å². The number of carbonyl (C=O) groups excluding carboxylic acids is 1. The van der Waals surface area contributed by atoms with Crippen molar-refractivity contribution in [3.63, 3.8) is 0 Å². The molecule has 4 aromatic rings. The molecular formula is C24H24F5N7O2. The van der Waals surface area contributed by atoms with E-state index in [2.05, 4.69) is 20.4 Å². The molecule has 0 radical (unpaired) electrons. The Labute approximate surface area is 217 Å². The minimum Gasteiger partial charge on any atom is -0.479 e. The summed E-state index contributed by atoms with van der Waals surface area (Å²) in [6.45, 7) is 2.05. The monoisotopic (exact) mass is 540 g/mol. The average Bonchev–Trinajstić information content (AvgIpc) is 3.35. The molecule has 1 aromatic carbocycles. The number of halogens is 5. The van der Waals surface area contributed by atoms with Crippen molar-refractivity contribution in [2.75, 3.05) is 25.4 Å². The highest BCUT2D eigenvalue weighted by Gasteiger charge is 2.31. The lowest BCUT2D eigenvalue weighted by atomic mass is 10.0. The van der Waals surface area contributed by atoms with Crippen LogP contribution >= 0.6 is 0 Å². The molecule has 0 bridgehead atoms. The van der Waals surface area contributed by atoms with Gasteiger partial charge < -0.3 is 19.5 Å². The second-order valence-corrected chi connectivity index (χ2v) is 8.99. The molecule has 1 aliphatic heterocycles. The maximum Gasteiger partial charge on any atom is 0.256 e. The van der Waals surface area contributed by atoms with Crippen molar-refractivity contribution in [3.05, 3.63) is 35.8 Å². The number of likely N-dealkylation sites (tertiary alicyclic amines) is 1. The van der Waals surface area contributed by atoms with E-state index in [4.69, 9.17) is 8.85 Å². The first-order chi connectivity index (χ1) is 19.2. The number of hydrogen-bond acceptors (Lipinski definition) is 6. The summed E-state index contributed by atoms with van der Waals surface area (Å²) in [5.74, 6) is -2.96. The highest BCUT2D eigenvalue weighted by atomic mass is 19.3. The van der Waals surface area contributed by atoms with E-state index in [-0.39, 0.29) is 64.9 Å². The molecule has 0 spiro atoms. The number of piperidine rings is 1. The summed E-state index contributed by atoms with van der Waals surface area (Å²) in [5.41, 5.74) is -1.00. The predicted molar refractivity (Wildman–Crippen MR) is 128 cm³/mol. The minimum atomic E-state index is -3.05. The fourth-order valence-corrected chi connectivity index (χ4v) is 4.76. The van der Waals surface area contributed by atoms with Crippen molar-refractivity contribution in [2.45, 2.75) is 45.5 Å². The van der Waals surface area contributed by atoms with Crippen LogP contribution in [0.25, 0.3) is 27.7 Å². The predicted octanol–water partition coefficient (Wildman–Crippen LogP) is 3.98. The van der Waals surface area contributed by atoms with Gasteiger partial charge in [-0.05, 0) is 31.0 Å². The van der Waals surface area contributed by atoms with Crippen LogP contribution in [0.2, 0.25) is 0 Å². The second kappa shape index (κ2) is 9.72. The number of hydrogen-bond donors (Lipinski definition) is 1. The van der Waals surface area contributed by atoms with Crippen LogP contribution in [0, 0.1) is 18.6 Å². The summed E-state index contributed by atoms with van der Waals surface area (Å²) < 4.78 is 102. The molecule has 1 saturated heterocycles. The quantitative estimate of drug-likeness (QED) is 0.373. The van der Waals surface area contributed by atoms with Crippen molar-refractivity contribution in [1.82, 2.24) is 29.0 Å². The van der Waals surface area contributed by atoms with Crippen molar-refractivity contribution in [1.29, 1.82) is 0 Å². The number of alkyl halides is 3. The van der Waals surface area contributed by atoms with E-state index in [9.17, 15) is 18.0 Å². The van der Waals surface area contributed by atoms with Gasteiger partial charge in [-0.1, -0.05) is 0 Å². The van der Waals surface area contributed by atoms with Crippen LogP contribution in [0.5, 0.6) is 5.88 Å². The van der Waals surface area contributed by atoms with E-state index in [1.165, 1.54) is 24.8 Å². The molecule has 9 nitrogen and oxygen atoms in total. The van der Waals surface area contributed by atoms with Crippen molar-refractivity contribution in [2.24, 2.45) is 0 Å². The zero-order chi connectivity index (χ0) is 29.8. The Hall–Kier alpha value is -3.97. The van der Waals surface area contributed by atoms with E-state index in [0.29, 0.717) is 0 Å². The largest absolute Gasteiger partial charge is 0.479 e. The number of nitrogens with one attached hydrogen (secondary N) is 1. The van der Waals surface area contributed by atoms with Crippen LogP contribution in [0.15, 0.2) is 18.3 Å². The van der Waals surface area contributed by atoms with Crippen LogP contribution in [-0.2, 0) is 11.3 Å². The summed E-state index contributed by atoms with van der Waals surface area (Å²) in [6, 6.07) is 1.33. The minimum absolute atomic E-state index is 0.0278. The van der Waals surface area contributed by atoms with Crippen LogP contribution in [0.4, 0.5) is 27.9 Å². The molecule has 3 aromatic heterocycles. The zero-order valence-electron chi connectivity index (χ0n) is 23.2. The van der Waals surface area contributed by atoms with Crippen molar-refractivity contribution >= 4 is 28.4 Å². The van der Waals surface area contributed by atoms with Crippen molar-refractivity contribution in [3.8, 4) is 17.0 Å². The first-order valence-corrected chi connectivity index (χ1v) is 11.6. The molecule has 1 fully saturated rings. The smallest absolute Gasteiger partial charge is 0.256 e. The molecule has 1 aliphatic rings. The number of carbonyl (C=O) groups is 1. The molecule has 2 atom stereocenters. The first kappa shape index (κ1) is 22.1. The molecule has 0 aliphatic carbocycles. The molecule has 202 valence electrons. The average molecular weight is 541 g/mol. The number of rotatable bonds is 6. The first-order valence-electron chi connectivity index (χ1n) is 13.1. The van der Waals surface area contributed by atoms with Gasteiger partial charge in [0.25, 0.3) is 6.43 Å². The van der Waals surface area contributed by atoms with E-state index in [0.717, 1.165) is 21.3 Å². The Balaban J connectivity index is 1.62. The van der Waals surface area contributed by atoms with E-state index >= 15 is 8.78 Å². The number of anilines is 1. The SMILES string of the molecule is [2H]C([2H])([2H])Oc1nc(N[C@H]2CCN(C(C)=O)C[C@H]2F)nn2cc(F)c(-c3cc(F)c4nc(C)n(CC(F)F)c4c3)c12. The molecule has 5 rings (SSSR count). The summed E-state index contributed by atoms with van der Waals surface area (Å²) in [6.07, 6.45) is -3.22. The van der Waals surface area contributed by atoms with Gasteiger partial charge in [0.1, 0.15) is 23.0 Å². The van der Waals surface area contributed by atoms with Crippen LogP contribution < -0.4 is 10.1 Å². The molecule has 0 saturated carbocycles. The second-order valence-electron chi connectivity index (χ2n) is 8.99. The number of aryl methyl sites for hydroxylation is 1. The number of methoxy groups -OCH3 is 1. The zero-order valence-corrected chi connectivity index (χ0v) is 20.2. The molecule has 1 N–H and O–H groups in total. The number of imidazole rings is 1. The van der Waals surface area contributed by atoms with Crippen LogP contribution in [-0.4, -0.2) is 73.7 Å². The molecule has 1 amide bonds. The highest BCUT2D eigenvalue weighted by molar-refractivity contribution is 5.90. The standard InChI is InChI=1S/C24H24F5N7O2/c1-11-30-21-14(25)6-13(7-18(21)35(11)10-19(28)29)20-16(27)9-36-22(20)23(38-3)32-24(33-36)31-17-4-5-34(12(2)37)8-15(17)26/h6-7,9,15,17,19H,4-5,8,10H2,1-3H3,(H,31,33)/t15-,17+/m1/s1/i3D3. The summed E-state index contributed by atoms with van der Waals surface area (Å²) in [7, 11) is -3.05. The highest BCUT2D eigenvalue weighted by Crippen LogP contribution is 2.37. The van der Waals surface area contributed by atoms with Gasteiger partial charge in [-0.15, -0.1) is 5.10 Å². The van der Waals surface area contributed by atoms with Crippen molar-refractivity contribution < 1.29 is 35.6 Å². The molecule has 0 unspecified atom stereocenters. The van der Waals surface area contributed by atoms with Gasteiger partial charge in [0.2, 0.25) is 17.7 Å². The Morgan fingerprint density at radius 2 is 2.08 bits per heavy atom. The Morgan fingerprint density at radius 1 is 1.29 bits per heavy atom. The molecular weight excluding hydrogens is 513 g/mol. The van der Waals surface area contributed by atoms with E-state index in [1.54, 1.807) is 0 Å². The molecule has 38 heavy (non-hydrogen) atoms. The number of nitrogens with zero attached hydrogens (tertiary/aromatic N) is 6. The fraction of sp³-hybridized carbons (Fsp3) is 0.417. The maximum absolute atomic E-state index is 15.5. The van der Waals surface area contributed by atoms with Crippen LogP contribution in [0.1, 0.15) is 23.3 Å². The number of benzene rings is 1. The lowest BCUT2D eigenvalue weighted by Gasteiger charge is -2.34.